The first-order valence-electron chi connectivity index (χ1n) is 7.38. The molecule has 20 heavy (non-hydrogen) atoms. The second-order valence-corrected chi connectivity index (χ2v) is 5.23. The van der Waals surface area contributed by atoms with Crippen LogP contribution in [0.25, 0.3) is 0 Å². The number of ether oxygens (including phenoxy) is 2. The number of nitrogens with zero attached hydrogens (tertiary/aromatic N) is 1. The van der Waals surface area contributed by atoms with Gasteiger partial charge >= 0.3 is 0 Å². The fraction of sp³-hybridized carbons (Fsp3) is 0.625. The lowest BCUT2D eigenvalue weighted by molar-refractivity contribution is 0.0679. The Kier molecular flexibility index (Phi) is 6.30. The SMILES string of the molecule is COc1ccc(C2CCN(CCOCCO)CC2)cc1. The number of methoxy groups -OCH3 is 1. The van der Waals surface area contributed by atoms with Crippen LogP contribution in [0.15, 0.2) is 24.3 Å². The van der Waals surface area contributed by atoms with E-state index in [4.69, 9.17) is 14.6 Å². The van der Waals surface area contributed by atoms with Gasteiger partial charge in [0.1, 0.15) is 5.75 Å². The molecule has 112 valence electrons. The van der Waals surface area contributed by atoms with Gasteiger partial charge in [-0.05, 0) is 49.5 Å². The van der Waals surface area contributed by atoms with Crippen LogP contribution in [0.1, 0.15) is 24.3 Å². The van der Waals surface area contributed by atoms with Crippen molar-refractivity contribution in [1.82, 2.24) is 4.90 Å². The molecule has 1 aromatic rings. The summed E-state index contributed by atoms with van der Waals surface area (Å²) in [7, 11) is 1.70. The second kappa shape index (κ2) is 8.25. The molecule has 1 saturated heterocycles. The van der Waals surface area contributed by atoms with Crippen molar-refractivity contribution in [3.8, 4) is 5.75 Å². The summed E-state index contributed by atoms with van der Waals surface area (Å²) in [6, 6.07) is 8.46. The van der Waals surface area contributed by atoms with Gasteiger partial charge in [0.25, 0.3) is 0 Å². The van der Waals surface area contributed by atoms with Gasteiger partial charge in [-0.15, -0.1) is 0 Å². The highest BCUT2D eigenvalue weighted by Crippen LogP contribution is 2.28. The van der Waals surface area contributed by atoms with Crippen molar-refractivity contribution in [3.63, 3.8) is 0 Å². The van der Waals surface area contributed by atoms with Gasteiger partial charge in [0.15, 0.2) is 0 Å². The molecule has 1 aromatic carbocycles. The highest BCUT2D eigenvalue weighted by molar-refractivity contribution is 5.29. The Labute approximate surface area is 121 Å². The van der Waals surface area contributed by atoms with Crippen molar-refractivity contribution in [1.29, 1.82) is 0 Å². The van der Waals surface area contributed by atoms with Gasteiger partial charge < -0.3 is 19.5 Å². The fourth-order valence-electron chi connectivity index (χ4n) is 2.73. The standard InChI is InChI=1S/C16H25NO3/c1-19-16-4-2-14(3-5-16)15-6-8-17(9-7-15)10-12-20-13-11-18/h2-5,15,18H,6-13H2,1H3. The highest BCUT2D eigenvalue weighted by Gasteiger charge is 2.20. The lowest BCUT2D eigenvalue weighted by atomic mass is 9.89. The molecule has 0 bridgehead atoms. The molecule has 0 unspecified atom stereocenters. The average Bonchev–Trinajstić information content (AvgIpc) is 2.52. The summed E-state index contributed by atoms with van der Waals surface area (Å²) in [6.45, 7) is 4.49. The van der Waals surface area contributed by atoms with Crippen LogP contribution in [0, 0.1) is 0 Å². The number of hydrogen-bond donors (Lipinski definition) is 1. The number of aliphatic hydroxyl groups is 1. The largest absolute Gasteiger partial charge is 0.497 e. The van der Waals surface area contributed by atoms with E-state index in [1.807, 2.05) is 12.1 Å². The van der Waals surface area contributed by atoms with Crippen LogP contribution in [0.5, 0.6) is 5.75 Å². The van der Waals surface area contributed by atoms with Crippen LogP contribution < -0.4 is 4.74 Å². The van der Waals surface area contributed by atoms with Gasteiger partial charge in [0.2, 0.25) is 0 Å². The molecule has 0 radical (unpaired) electrons. The number of aliphatic hydroxyl groups excluding tert-OH is 1. The van der Waals surface area contributed by atoms with Gasteiger partial charge in [0.05, 0.1) is 26.9 Å². The monoisotopic (exact) mass is 279 g/mol. The molecule has 0 amide bonds. The molecule has 0 saturated carbocycles. The minimum atomic E-state index is 0.111. The van der Waals surface area contributed by atoms with E-state index in [0.29, 0.717) is 19.1 Å². The van der Waals surface area contributed by atoms with Crippen molar-refractivity contribution >= 4 is 0 Å². The topological polar surface area (TPSA) is 41.9 Å². The lowest BCUT2D eigenvalue weighted by Crippen LogP contribution is -2.35. The van der Waals surface area contributed by atoms with Gasteiger partial charge in [0, 0.05) is 6.54 Å². The summed E-state index contributed by atoms with van der Waals surface area (Å²) in [5, 5.41) is 8.65. The normalized spacial score (nSPS) is 17.3. The minimum absolute atomic E-state index is 0.111. The molecule has 0 atom stereocenters. The van der Waals surface area contributed by atoms with Crippen molar-refractivity contribution in [2.24, 2.45) is 0 Å². The summed E-state index contributed by atoms with van der Waals surface area (Å²) >= 11 is 0. The molecular formula is C16H25NO3. The number of rotatable bonds is 7. The Morgan fingerprint density at radius 2 is 1.85 bits per heavy atom. The van der Waals surface area contributed by atoms with Crippen LogP contribution in [0.4, 0.5) is 0 Å². The first kappa shape index (κ1) is 15.3. The molecule has 4 heteroatoms. The number of benzene rings is 1. The number of piperidine rings is 1. The zero-order valence-electron chi connectivity index (χ0n) is 12.3. The van der Waals surface area contributed by atoms with Gasteiger partial charge in [-0.25, -0.2) is 0 Å². The van der Waals surface area contributed by atoms with Gasteiger partial charge in [-0.2, -0.15) is 0 Å². The third kappa shape index (κ3) is 4.47. The lowest BCUT2D eigenvalue weighted by Gasteiger charge is -2.32. The molecule has 4 nitrogen and oxygen atoms in total. The maximum Gasteiger partial charge on any atom is 0.118 e. The summed E-state index contributed by atoms with van der Waals surface area (Å²) in [4.78, 5) is 2.44. The van der Waals surface area contributed by atoms with Crippen LogP contribution in [0.3, 0.4) is 0 Å². The van der Waals surface area contributed by atoms with Gasteiger partial charge in [-0.3, -0.25) is 0 Å². The third-order valence-corrected chi connectivity index (χ3v) is 3.96. The number of hydrogen-bond acceptors (Lipinski definition) is 4. The smallest absolute Gasteiger partial charge is 0.118 e. The maximum atomic E-state index is 8.65. The summed E-state index contributed by atoms with van der Waals surface area (Å²) < 4.78 is 10.5. The van der Waals surface area contributed by atoms with Crippen LogP contribution in [0.2, 0.25) is 0 Å². The Bertz CT molecular complexity index is 372. The predicted molar refractivity (Wildman–Crippen MR) is 79.3 cm³/mol. The second-order valence-electron chi connectivity index (χ2n) is 5.23. The van der Waals surface area contributed by atoms with E-state index >= 15 is 0 Å². The van der Waals surface area contributed by atoms with Crippen LogP contribution in [-0.2, 0) is 4.74 Å². The van der Waals surface area contributed by atoms with E-state index in [1.54, 1.807) is 7.11 Å². The Morgan fingerprint density at radius 3 is 2.45 bits per heavy atom. The molecule has 2 rings (SSSR count). The fourth-order valence-corrected chi connectivity index (χ4v) is 2.73. The molecule has 0 aliphatic carbocycles. The molecule has 1 fully saturated rings. The Hall–Kier alpha value is -1.10. The molecule has 0 spiro atoms. The predicted octanol–water partition coefficient (Wildman–Crippen LogP) is 1.88. The highest BCUT2D eigenvalue weighted by atomic mass is 16.5. The van der Waals surface area contributed by atoms with Crippen molar-refractivity contribution in [3.05, 3.63) is 29.8 Å². The zero-order chi connectivity index (χ0) is 14.2. The first-order valence-corrected chi connectivity index (χ1v) is 7.38. The number of likely N-dealkylation sites (tertiary alicyclic amines) is 1. The molecule has 1 aliphatic heterocycles. The summed E-state index contributed by atoms with van der Waals surface area (Å²) in [5.74, 6) is 1.59. The molecule has 0 aromatic heterocycles. The first-order chi connectivity index (χ1) is 9.83. The van der Waals surface area contributed by atoms with E-state index in [-0.39, 0.29) is 6.61 Å². The van der Waals surface area contributed by atoms with Gasteiger partial charge in [-0.1, -0.05) is 12.1 Å². The average molecular weight is 279 g/mol. The summed E-state index contributed by atoms with van der Waals surface area (Å²) in [5.41, 5.74) is 1.42. The molecule has 1 aliphatic rings. The third-order valence-electron chi connectivity index (χ3n) is 3.96. The van der Waals surface area contributed by atoms with Crippen molar-refractivity contribution < 1.29 is 14.6 Å². The Morgan fingerprint density at radius 1 is 1.15 bits per heavy atom. The van der Waals surface area contributed by atoms with E-state index < -0.39 is 0 Å². The Balaban J connectivity index is 1.73. The van der Waals surface area contributed by atoms with E-state index in [1.165, 1.54) is 18.4 Å². The van der Waals surface area contributed by atoms with Crippen molar-refractivity contribution in [2.75, 3.05) is 46.6 Å². The van der Waals surface area contributed by atoms with Crippen molar-refractivity contribution in [2.45, 2.75) is 18.8 Å². The van der Waals surface area contributed by atoms with E-state index in [2.05, 4.69) is 17.0 Å². The molecule has 1 N–H and O–H groups in total. The zero-order valence-corrected chi connectivity index (χ0v) is 12.3. The van der Waals surface area contributed by atoms with Crippen LogP contribution in [-0.4, -0.2) is 56.6 Å². The van der Waals surface area contributed by atoms with E-state index in [9.17, 15) is 0 Å². The molecular weight excluding hydrogens is 254 g/mol. The minimum Gasteiger partial charge on any atom is -0.497 e. The van der Waals surface area contributed by atoms with E-state index in [0.717, 1.165) is 25.4 Å². The summed E-state index contributed by atoms with van der Waals surface area (Å²) in [6.07, 6.45) is 2.40. The quantitative estimate of drug-likeness (QED) is 0.774. The molecule has 1 heterocycles. The maximum absolute atomic E-state index is 8.65. The van der Waals surface area contributed by atoms with Crippen LogP contribution >= 0.6 is 0 Å².